The van der Waals surface area contributed by atoms with E-state index in [0.717, 1.165) is 6.42 Å². The summed E-state index contributed by atoms with van der Waals surface area (Å²) >= 11 is 0. The fourth-order valence-corrected chi connectivity index (χ4v) is 1.13. The molecular weight excluding hydrogens is 176 g/mol. The Kier molecular flexibility index (Phi) is 6.87. The molecule has 0 aliphatic carbocycles. The van der Waals surface area contributed by atoms with E-state index in [1.54, 1.807) is 4.90 Å². The van der Waals surface area contributed by atoms with Gasteiger partial charge in [-0.25, -0.2) is 0 Å². The number of hydrogen-bond donors (Lipinski definition) is 1. The van der Waals surface area contributed by atoms with Crippen LogP contribution in [0.1, 0.15) is 26.7 Å². The van der Waals surface area contributed by atoms with Gasteiger partial charge in [-0.1, -0.05) is 12.8 Å². The van der Waals surface area contributed by atoms with Crippen molar-refractivity contribution in [2.45, 2.75) is 26.7 Å². The molecule has 0 saturated carbocycles. The molecule has 14 heavy (non-hydrogen) atoms. The predicted molar refractivity (Wildman–Crippen MR) is 58.5 cm³/mol. The third kappa shape index (κ3) is 4.88. The summed E-state index contributed by atoms with van der Waals surface area (Å²) in [5.74, 6) is 3.02. The van der Waals surface area contributed by atoms with Crippen LogP contribution in [0.4, 0.5) is 0 Å². The van der Waals surface area contributed by atoms with E-state index in [0.29, 0.717) is 32.0 Å². The van der Waals surface area contributed by atoms with E-state index in [4.69, 9.17) is 12.2 Å². The number of nitrogens with zero attached hydrogens (tertiary/aromatic N) is 1. The molecule has 0 rings (SSSR count). The van der Waals surface area contributed by atoms with Gasteiger partial charge in [-0.2, -0.15) is 0 Å². The van der Waals surface area contributed by atoms with Crippen LogP contribution in [0.5, 0.6) is 0 Å². The van der Waals surface area contributed by atoms with Crippen LogP contribution in [0.25, 0.3) is 0 Å². The maximum absolute atomic E-state index is 11.6. The summed E-state index contributed by atoms with van der Waals surface area (Å²) in [6.45, 7) is 5.70. The average molecular weight is 196 g/mol. The zero-order valence-corrected chi connectivity index (χ0v) is 9.12. The van der Waals surface area contributed by atoms with Crippen LogP contribution < -0.4 is 5.73 Å². The van der Waals surface area contributed by atoms with Crippen LogP contribution >= 0.6 is 0 Å². The number of hydrogen-bond acceptors (Lipinski definition) is 2. The van der Waals surface area contributed by atoms with Crippen molar-refractivity contribution in [2.24, 2.45) is 11.7 Å². The van der Waals surface area contributed by atoms with Crippen molar-refractivity contribution in [2.75, 3.05) is 19.6 Å². The van der Waals surface area contributed by atoms with Gasteiger partial charge >= 0.3 is 0 Å². The highest BCUT2D eigenvalue weighted by Crippen LogP contribution is 2.05. The molecule has 0 radical (unpaired) electrons. The quantitative estimate of drug-likeness (QED) is 0.640. The first kappa shape index (κ1) is 13.0. The lowest BCUT2D eigenvalue weighted by atomic mass is 10.1. The summed E-state index contributed by atoms with van der Waals surface area (Å²) in [5, 5.41) is 0. The molecular formula is C11H20N2O. The van der Waals surface area contributed by atoms with E-state index in [2.05, 4.69) is 5.92 Å². The van der Waals surface area contributed by atoms with Gasteiger partial charge in [-0.15, -0.1) is 6.42 Å². The van der Waals surface area contributed by atoms with Crippen molar-refractivity contribution in [3.63, 3.8) is 0 Å². The van der Waals surface area contributed by atoms with Crippen LogP contribution in [0.2, 0.25) is 0 Å². The zero-order valence-electron chi connectivity index (χ0n) is 9.12. The van der Waals surface area contributed by atoms with Crippen molar-refractivity contribution in [3.05, 3.63) is 0 Å². The smallest absolute Gasteiger partial charge is 0.223 e. The summed E-state index contributed by atoms with van der Waals surface area (Å²) in [4.78, 5) is 13.3. The summed E-state index contributed by atoms with van der Waals surface area (Å²) < 4.78 is 0. The van der Waals surface area contributed by atoms with Crippen molar-refractivity contribution in [1.29, 1.82) is 0 Å². The largest absolute Gasteiger partial charge is 0.332 e. The molecule has 3 heteroatoms. The van der Waals surface area contributed by atoms with Gasteiger partial charge in [0.15, 0.2) is 0 Å². The molecule has 0 spiro atoms. The molecule has 0 saturated heterocycles. The topological polar surface area (TPSA) is 46.3 Å². The number of carbonyl (C=O) groups excluding carboxylic acids is 1. The SMILES string of the molecule is C#CCN(CC)C(=O)CCC(C)CN. The van der Waals surface area contributed by atoms with Crippen LogP contribution in [-0.4, -0.2) is 30.4 Å². The molecule has 0 aliphatic heterocycles. The molecule has 0 fully saturated rings. The molecule has 0 heterocycles. The third-order valence-electron chi connectivity index (χ3n) is 2.27. The van der Waals surface area contributed by atoms with Gasteiger partial charge < -0.3 is 10.6 Å². The molecule has 3 nitrogen and oxygen atoms in total. The Hall–Kier alpha value is -1.01. The Morgan fingerprint density at radius 3 is 2.71 bits per heavy atom. The minimum atomic E-state index is 0.130. The Labute approximate surface area is 86.6 Å². The second-order valence-electron chi connectivity index (χ2n) is 3.49. The lowest BCUT2D eigenvalue weighted by Gasteiger charge is -2.18. The monoisotopic (exact) mass is 196 g/mol. The van der Waals surface area contributed by atoms with Gasteiger partial charge in [0.05, 0.1) is 6.54 Å². The number of nitrogens with two attached hydrogens (primary N) is 1. The summed E-state index contributed by atoms with van der Waals surface area (Å²) in [6, 6.07) is 0. The molecule has 80 valence electrons. The highest BCUT2D eigenvalue weighted by atomic mass is 16.2. The molecule has 1 atom stereocenters. The van der Waals surface area contributed by atoms with Crippen LogP contribution in [0.3, 0.4) is 0 Å². The Bertz CT molecular complexity index is 208. The Morgan fingerprint density at radius 2 is 2.29 bits per heavy atom. The van der Waals surface area contributed by atoms with E-state index in [-0.39, 0.29) is 5.91 Å². The van der Waals surface area contributed by atoms with E-state index in [1.807, 2.05) is 13.8 Å². The van der Waals surface area contributed by atoms with Crippen LogP contribution in [0, 0.1) is 18.3 Å². The molecule has 0 aromatic rings. The first-order valence-corrected chi connectivity index (χ1v) is 5.07. The molecule has 0 aliphatic rings. The molecule has 0 aromatic carbocycles. The Balaban J connectivity index is 3.87. The van der Waals surface area contributed by atoms with Crippen molar-refractivity contribution >= 4 is 5.91 Å². The summed E-state index contributed by atoms with van der Waals surface area (Å²) in [5.41, 5.74) is 5.47. The molecule has 0 bridgehead atoms. The normalized spacial score (nSPS) is 11.9. The fourth-order valence-electron chi connectivity index (χ4n) is 1.13. The van der Waals surface area contributed by atoms with Crippen molar-refractivity contribution in [3.8, 4) is 12.3 Å². The highest BCUT2D eigenvalue weighted by Gasteiger charge is 2.11. The number of carbonyl (C=O) groups is 1. The maximum atomic E-state index is 11.6. The molecule has 2 N–H and O–H groups in total. The first-order valence-electron chi connectivity index (χ1n) is 5.07. The number of terminal acetylenes is 1. The van der Waals surface area contributed by atoms with E-state index >= 15 is 0 Å². The molecule has 1 unspecified atom stereocenters. The van der Waals surface area contributed by atoms with Gasteiger partial charge in [0.25, 0.3) is 0 Å². The second-order valence-corrected chi connectivity index (χ2v) is 3.49. The minimum absolute atomic E-state index is 0.130. The van der Waals surface area contributed by atoms with Crippen molar-refractivity contribution in [1.82, 2.24) is 4.90 Å². The number of amides is 1. The molecule has 0 aromatic heterocycles. The number of rotatable bonds is 6. The predicted octanol–water partition coefficient (Wildman–Crippen LogP) is 0.843. The van der Waals surface area contributed by atoms with Crippen LogP contribution in [-0.2, 0) is 4.79 Å². The lowest BCUT2D eigenvalue weighted by molar-refractivity contribution is -0.130. The zero-order chi connectivity index (χ0) is 11.0. The molecule has 1 amide bonds. The average Bonchev–Trinajstić information content (AvgIpc) is 2.21. The van der Waals surface area contributed by atoms with Gasteiger partial charge in [-0.05, 0) is 25.8 Å². The van der Waals surface area contributed by atoms with Gasteiger partial charge in [0.2, 0.25) is 5.91 Å². The van der Waals surface area contributed by atoms with E-state index < -0.39 is 0 Å². The van der Waals surface area contributed by atoms with Crippen molar-refractivity contribution < 1.29 is 4.79 Å². The van der Waals surface area contributed by atoms with Gasteiger partial charge in [-0.3, -0.25) is 4.79 Å². The Morgan fingerprint density at radius 1 is 1.64 bits per heavy atom. The van der Waals surface area contributed by atoms with Gasteiger partial charge in [0, 0.05) is 13.0 Å². The summed E-state index contributed by atoms with van der Waals surface area (Å²) in [7, 11) is 0. The summed E-state index contributed by atoms with van der Waals surface area (Å²) in [6.07, 6.45) is 6.55. The highest BCUT2D eigenvalue weighted by molar-refractivity contribution is 5.76. The first-order chi connectivity index (χ1) is 6.65. The van der Waals surface area contributed by atoms with E-state index in [1.165, 1.54) is 0 Å². The maximum Gasteiger partial charge on any atom is 0.223 e. The lowest BCUT2D eigenvalue weighted by Crippen LogP contribution is -2.31. The fraction of sp³-hybridized carbons (Fsp3) is 0.727. The second kappa shape index (κ2) is 7.40. The van der Waals surface area contributed by atoms with E-state index in [9.17, 15) is 4.79 Å². The standard InChI is InChI=1S/C11H20N2O/c1-4-8-13(5-2)11(14)7-6-10(3)9-12/h1,10H,5-9,12H2,2-3H3. The minimum Gasteiger partial charge on any atom is -0.332 e. The third-order valence-corrected chi connectivity index (χ3v) is 2.27. The van der Waals surface area contributed by atoms with Crippen LogP contribution in [0.15, 0.2) is 0 Å². The van der Waals surface area contributed by atoms with Gasteiger partial charge in [0.1, 0.15) is 0 Å².